The number of H-pyrrole nitrogens is 1. The molecule has 0 saturated carbocycles. The van der Waals surface area contributed by atoms with E-state index in [1.165, 1.54) is 72.1 Å². The monoisotopic (exact) mass is 644 g/mol. The van der Waals surface area contributed by atoms with Crippen molar-refractivity contribution in [3.05, 3.63) is 65.7 Å². The second-order valence-electron chi connectivity index (χ2n) is 10.1. The number of hydrogen-bond donors (Lipinski definition) is 9. The molecule has 4 rings (SSSR count). The smallest absolute Gasteiger partial charge is 0.263 e. The summed E-state index contributed by atoms with van der Waals surface area (Å²) in [5, 5.41) is 29.3. The van der Waals surface area contributed by atoms with Crippen LogP contribution in [0.3, 0.4) is 0 Å². The highest BCUT2D eigenvalue weighted by molar-refractivity contribution is 7.90. The van der Waals surface area contributed by atoms with Crippen molar-refractivity contribution < 1.29 is 36.8 Å². The summed E-state index contributed by atoms with van der Waals surface area (Å²) < 4.78 is 52.5. The number of aromatic amines is 1. The van der Waals surface area contributed by atoms with Gasteiger partial charge in [-0.3, -0.25) is 15.0 Å². The molecule has 2 amide bonds. The van der Waals surface area contributed by atoms with Crippen LogP contribution in [-0.4, -0.2) is 61.4 Å². The number of imidazole rings is 1. The second kappa shape index (κ2) is 11.8. The summed E-state index contributed by atoms with van der Waals surface area (Å²) in [5.41, 5.74) is 9.73. The van der Waals surface area contributed by atoms with Gasteiger partial charge in [-0.15, -0.1) is 0 Å². The summed E-state index contributed by atoms with van der Waals surface area (Å²) in [6.45, 7) is 2.45. The number of amides is 2. The van der Waals surface area contributed by atoms with Gasteiger partial charge in [-0.05, 0) is 55.8 Å². The van der Waals surface area contributed by atoms with E-state index in [0.29, 0.717) is 16.6 Å². The summed E-state index contributed by atoms with van der Waals surface area (Å²) in [7, 11) is -9.43. The van der Waals surface area contributed by atoms with E-state index in [4.69, 9.17) is 16.9 Å². The zero-order chi connectivity index (χ0) is 32.6. The third-order valence-corrected chi connectivity index (χ3v) is 9.22. The maximum absolute atomic E-state index is 13.5. The molecule has 4 aromatic rings. The highest BCUT2D eigenvalue weighted by atomic mass is 32.2. The summed E-state index contributed by atoms with van der Waals surface area (Å²) in [6, 6.07) is 12.2. The van der Waals surface area contributed by atoms with Crippen molar-refractivity contribution in [3.8, 4) is 22.5 Å². The molecule has 1 heterocycles. The Kier molecular flexibility index (Phi) is 8.60. The number of nitrogens with zero attached hydrogens (tertiary/aromatic N) is 1. The lowest BCUT2D eigenvalue weighted by molar-refractivity contribution is -0.128. The van der Waals surface area contributed by atoms with Crippen LogP contribution in [-0.2, 0) is 35.1 Å². The minimum absolute atomic E-state index is 0.0772. The van der Waals surface area contributed by atoms with Gasteiger partial charge in [0, 0.05) is 22.3 Å². The molecular weight excluding hydrogens is 616 g/mol. The fourth-order valence-corrected chi connectivity index (χ4v) is 6.32. The fourth-order valence-electron chi connectivity index (χ4n) is 4.50. The van der Waals surface area contributed by atoms with Gasteiger partial charge in [0.05, 0.1) is 27.9 Å². The van der Waals surface area contributed by atoms with Crippen LogP contribution in [0.2, 0.25) is 0 Å². The molecular formula is C26H28N8O8S2. The van der Waals surface area contributed by atoms with Gasteiger partial charge < -0.3 is 32.2 Å². The number of carbonyl (C=O) groups is 2. The first-order valence-electron chi connectivity index (χ1n) is 12.5. The Morgan fingerprint density at radius 1 is 0.932 bits per heavy atom. The number of primary amides is 1. The lowest BCUT2D eigenvalue weighted by atomic mass is 9.81. The number of rotatable bonds is 11. The van der Waals surface area contributed by atoms with Crippen molar-refractivity contribution in [3.63, 3.8) is 0 Å². The summed E-state index contributed by atoms with van der Waals surface area (Å²) in [4.78, 5) is 33.3. The lowest BCUT2D eigenvalue weighted by Crippen LogP contribution is -2.43. The van der Waals surface area contributed by atoms with Gasteiger partial charge in [-0.1, -0.05) is 28.0 Å². The Morgan fingerprint density at radius 2 is 1.57 bits per heavy atom. The normalized spacial score (nSPS) is 12.3. The van der Waals surface area contributed by atoms with Crippen LogP contribution in [0, 0.1) is 5.41 Å². The van der Waals surface area contributed by atoms with Crippen LogP contribution in [0.5, 0.6) is 0 Å². The topological polar surface area (TPSA) is 284 Å². The predicted molar refractivity (Wildman–Crippen MR) is 157 cm³/mol. The minimum atomic E-state index is -4.84. The van der Waals surface area contributed by atoms with Crippen molar-refractivity contribution in [2.24, 2.45) is 11.5 Å². The van der Waals surface area contributed by atoms with Crippen LogP contribution in [0.1, 0.15) is 25.0 Å². The average Bonchev–Trinajstić information content (AvgIpc) is 3.42. The maximum Gasteiger partial charge on any atom is 0.263 e. The van der Waals surface area contributed by atoms with Crippen LogP contribution in [0.15, 0.2) is 64.4 Å². The molecule has 0 atom stereocenters. The van der Waals surface area contributed by atoms with Crippen LogP contribution < -0.4 is 26.6 Å². The molecule has 0 aliphatic rings. The summed E-state index contributed by atoms with van der Waals surface area (Å²) >= 11 is 0. The SMILES string of the molecule is CC(C)(C(=O)NCC(N)=O)c1cc(-c2nc3ccc(C(=N)N)cc3[nH]2)c(S(=O)(=O)NO)c(-c2ccccc2S(=O)(=O)NO)c1. The second-order valence-corrected chi connectivity index (χ2v) is 13.3. The Bertz CT molecular complexity index is 2040. The molecule has 0 fully saturated rings. The molecule has 1 aromatic heterocycles. The van der Waals surface area contributed by atoms with E-state index in [2.05, 4.69) is 15.3 Å². The first-order chi connectivity index (χ1) is 20.5. The van der Waals surface area contributed by atoms with Crippen molar-refractivity contribution in [2.45, 2.75) is 29.1 Å². The largest absolute Gasteiger partial charge is 0.384 e. The fraction of sp³-hybridized carbons (Fsp3) is 0.154. The molecule has 11 N–H and O–H groups in total. The third kappa shape index (κ3) is 6.02. The highest BCUT2D eigenvalue weighted by Gasteiger charge is 2.35. The number of sulfonamides is 2. The maximum atomic E-state index is 13.5. The van der Waals surface area contributed by atoms with Gasteiger partial charge in [-0.25, -0.2) is 21.8 Å². The van der Waals surface area contributed by atoms with E-state index >= 15 is 0 Å². The third-order valence-electron chi connectivity index (χ3n) is 6.83. The molecule has 18 heteroatoms. The number of hydrogen-bond acceptors (Lipinski definition) is 10. The van der Waals surface area contributed by atoms with E-state index in [9.17, 15) is 36.8 Å². The summed E-state index contributed by atoms with van der Waals surface area (Å²) in [5.74, 6) is -1.81. The van der Waals surface area contributed by atoms with Gasteiger partial charge in [0.2, 0.25) is 11.8 Å². The molecule has 0 spiro atoms. The molecule has 16 nitrogen and oxygen atoms in total. The van der Waals surface area contributed by atoms with Crippen LogP contribution >= 0.6 is 0 Å². The molecule has 44 heavy (non-hydrogen) atoms. The van der Waals surface area contributed by atoms with Crippen molar-refractivity contribution in [2.75, 3.05) is 6.54 Å². The van der Waals surface area contributed by atoms with Gasteiger partial charge in [0.25, 0.3) is 20.0 Å². The lowest BCUT2D eigenvalue weighted by Gasteiger charge is -2.27. The Morgan fingerprint density at radius 3 is 2.18 bits per heavy atom. The van der Waals surface area contributed by atoms with Gasteiger partial charge >= 0.3 is 0 Å². The zero-order valence-corrected chi connectivity index (χ0v) is 24.8. The van der Waals surface area contributed by atoms with E-state index in [1.807, 2.05) is 0 Å². The van der Waals surface area contributed by atoms with Gasteiger partial charge in [-0.2, -0.15) is 0 Å². The molecule has 3 aromatic carbocycles. The van der Waals surface area contributed by atoms with E-state index in [0.717, 1.165) is 6.07 Å². The van der Waals surface area contributed by atoms with E-state index in [1.54, 1.807) is 0 Å². The highest BCUT2D eigenvalue weighted by Crippen LogP contribution is 2.42. The molecule has 0 aliphatic carbocycles. The number of nitrogen functional groups attached to an aromatic ring is 1. The number of aromatic nitrogens is 2. The molecule has 0 aliphatic heterocycles. The van der Waals surface area contributed by atoms with Gasteiger partial charge in [0.1, 0.15) is 16.6 Å². The Hall–Kier alpha value is -4.72. The molecule has 232 valence electrons. The van der Waals surface area contributed by atoms with E-state index in [-0.39, 0.29) is 33.9 Å². The average molecular weight is 645 g/mol. The van der Waals surface area contributed by atoms with Crippen LogP contribution in [0.4, 0.5) is 0 Å². The quantitative estimate of drug-likeness (QED) is 0.0615. The van der Waals surface area contributed by atoms with Gasteiger partial charge in [0.15, 0.2) is 0 Å². The minimum Gasteiger partial charge on any atom is -0.384 e. The number of benzene rings is 3. The number of nitrogens with two attached hydrogens (primary N) is 2. The van der Waals surface area contributed by atoms with Crippen LogP contribution in [0.25, 0.3) is 33.5 Å². The predicted octanol–water partition coefficient (Wildman–Crippen LogP) is 0.395. The molecule has 0 radical (unpaired) electrons. The number of amidine groups is 1. The number of carbonyl (C=O) groups excluding carboxylic acids is 2. The zero-order valence-electron chi connectivity index (χ0n) is 23.2. The first kappa shape index (κ1) is 32.2. The first-order valence-corrected chi connectivity index (χ1v) is 15.5. The van der Waals surface area contributed by atoms with Crippen molar-refractivity contribution in [1.29, 1.82) is 5.41 Å². The summed E-state index contributed by atoms with van der Waals surface area (Å²) in [6.07, 6.45) is 0. The Balaban J connectivity index is 2.17. The van der Waals surface area contributed by atoms with Crippen molar-refractivity contribution in [1.82, 2.24) is 25.1 Å². The van der Waals surface area contributed by atoms with E-state index < -0.39 is 53.6 Å². The molecule has 0 unspecified atom stereocenters. The molecule has 0 saturated heterocycles. The number of nitrogens with one attached hydrogen (secondary N) is 5. The number of fused-ring (bicyclic) bond motifs is 1. The Labute approximate surface area is 251 Å². The molecule has 0 bridgehead atoms. The van der Waals surface area contributed by atoms with Crippen molar-refractivity contribution >= 4 is 48.7 Å². The standard InChI is InChI=1S/C26H28N8O8S2/c1-26(2,25(36)30-12-21(27)35)14-10-16(15-5-3-4-6-20(15)43(39,40)33-37)22(44(41,42)34-38)17(11-14)24-31-18-8-7-13(23(28)29)9-19(18)32-24/h3-11,33-34,37-38H,12H2,1-2H3,(H2,27,35)(H3,28,29)(H,30,36)(H,31,32).